The molecule has 0 aromatic carbocycles. The molecule has 3 heteroatoms. The molecule has 1 heterocycles. The van der Waals surface area contributed by atoms with E-state index in [0.29, 0.717) is 6.42 Å². The molecular formula is C12H19NO2. The van der Waals surface area contributed by atoms with Crippen LogP contribution in [0.1, 0.15) is 51.9 Å². The maximum Gasteiger partial charge on any atom is 0.234 e. The summed E-state index contributed by atoms with van der Waals surface area (Å²) >= 11 is 0. The standard InChI is InChI=1S/C12H19NO2/c1-2-3-4-8-11(14)13-10-7-5-6-9(10)12(13)15/h9-10H,2-8H2,1H3. The van der Waals surface area contributed by atoms with Gasteiger partial charge in [-0.2, -0.15) is 0 Å². The Morgan fingerprint density at radius 1 is 1.40 bits per heavy atom. The highest BCUT2D eigenvalue weighted by Crippen LogP contribution is 2.40. The summed E-state index contributed by atoms with van der Waals surface area (Å²) in [6, 6.07) is 0.270. The smallest absolute Gasteiger partial charge is 0.234 e. The average molecular weight is 209 g/mol. The number of hydrogen-bond donors (Lipinski definition) is 0. The second kappa shape index (κ2) is 4.33. The lowest BCUT2D eigenvalue weighted by molar-refractivity contribution is -0.164. The molecule has 1 saturated heterocycles. The molecule has 0 bridgehead atoms. The number of rotatable bonds is 4. The average Bonchev–Trinajstić information content (AvgIpc) is 2.62. The minimum absolute atomic E-state index is 0.0663. The van der Waals surface area contributed by atoms with Gasteiger partial charge in [0.2, 0.25) is 11.8 Å². The zero-order chi connectivity index (χ0) is 10.8. The molecule has 2 aliphatic rings. The van der Waals surface area contributed by atoms with E-state index in [1.54, 1.807) is 0 Å². The van der Waals surface area contributed by atoms with Gasteiger partial charge in [-0.05, 0) is 19.3 Å². The molecule has 0 radical (unpaired) electrons. The summed E-state index contributed by atoms with van der Waals surface area (Å²) < 4.78 is 0. The molecule has 1 aliphatic carbocycles. The van der Waals surface area contributed by atoms with Crippen LogP contribution in [0.3, 0.4) is 0 Å². The Morgan fingerprint density at radius 3 is 2.93 bits per heavy atom. The Kier molecular flexibility index (Phi) is 3.08. The van der Waals surface area contributed by atoms with E-state index in [2.05, 4.69) is 6.92 Å². The molecule has 15 heavy (non-hydrogen) atoms. The summed E-state index contributed by atoms with van der Waals surface area (Å²) in [4.78, 5) is 24.9. The van der Waals surface area contributed by atoms with E-state index in [-0.39, 0.29) is 23.8 Å². The van der Waals surface area contributed by atoms with E-state index in [9.17, 15) is 9.59 Å². The van der Waals surface area contributed by atoms with Gasteiger partial charge in [-0.3, -0.25) is 14.5 Å². The molecule has 2 atom stereocenters. The van der Waals surface area contributed by atoms with Crippen molar-refractivity contribution >= 4 is 11.8 Å². The maximum absolute atomic E-state index is 11.8. The Balaban J connectivity index is 1.83. The number of fused-ring (bicyclic) bond motifs is 1. The van der Waals surface area contributed by atoms with Crippen LogP contribution < -0.4 is 0 Å². The molecule has 2 rings (SSSR count). The molecular weight excluding hydrogens is 190 g/mol. The van der Waals surface area contributed by atoms with Crippen LogP contribution in [0.2, 0.25) is 0 Å². The Morgan fingerprint density at radius 2 is 2.20 bits per heavy atom. The summed E-state index contributed by atoms with van der Waals surface area (Å²) in [7, 11) is 0. The fourth-order valence-electron chi connectivity index (χ4n) is 2.75. The van der Waals surface area contributed by atoms with E-state index in [1.165, 1.54) is 4.90 Å². The molecule has 2 fully saturated rings. The lowest BCUT2D eigenvalue weighted by atomic mass is 9.90. The molecule has 3 nitrogen and oxygen atoms in total. The van der Waals surface area contributed by atoms with E-state index < -0.39 is 0 Å². The Labute approximate surface area is 90.8 Å². The monoisotopic (exact) mass is 209 g/mol. The summed E-state index contributed by atoms with van der Waals surface area (Å²) in [5.74, 6) is 0.357. The molecule has 0 spiro atoms. The molecule has 0 aromatic rings. The molecule has 0 N–H and O–H groups in total. The van der Waals surface area contributed by atoms with Crippen LogP contribution in [0, 0.1) is 5.92 Å². The van der Waals surface area contributed by atoms with E-state index in [1.807, 2.05) is 0 Å². The first kappa shape index (κ1) is 10.7. The predicted molar refractivity (Wildman–Crippen MR) is 57.1 cm³/mol. The van der Waals surface area contributed by atoms with E-state index in [0.717, 1.165) is 38.5 Å². The summed E-state index contributed by atoms with van der Waals surface area (Å²) in [6.07, 6.45) is 6.84. The number of nitrogens with zero attached hydrogens (tertiary/aromatic N) is 1. The maximum atomic E-state index is 11.8. The fraction of sp³-hybridized carbons (Fsp3) is 0.833. The van der Waals surface area contributed by atoms with Crippen LogP contribution in [0.25, 0.3) is 0 Å². The molecule has 2 amide bonds. The summed E-state index contributed by atoms with van der Waals surface area (Å²) in [5.41, 5.74) is 0. The van der Waals surface area contributed by atoms with Crippen molar-refractivity contribution in [1.29, 1.82) is 0 Å². The first-order chi connectivity index (χ1) is 7.25. The predicted octanol–water partition coefficient (Wildman–Crippen LogP) is 2.10. The van der Waals surface area contributed by atoms with Gasteiger partial charge >= 0.3 is 0 Å². The van der Waals surface area contributed by atoms with Crippen LogP contribution in [0.15, 0.2) is 0 Å². The number of β-lactam (4-membered cyclic amide) rings is 1. The van der Waals surface area contributed by atoms with Crippen molar-refractivity contribution in [3.8, 4) is 0 Å². The highest BCUT2D eigenvalue weighted by Gasteiger charge is 2.51. The van der Waals surface area contributed by atoms with Gasteiger partial charge in [0, 0.05) is 6.42 Å². The van der Waals surface area contributed by atoms with Crippen LogP contribution in [-0.4, -0.2) is 22.8 Å². The van der Waals surface area contributed by atoms with Gasteiger partial charge in [0.05, 0.1) is 12.0 Å². The first-order valence-electron chi connectivity index (χ1n) is 6.11. The van der Waals surface area contributed by atoms with Crippen molar-refractivity contribution in [2.24, 2.45) is 5.92 Å². The van der Waals surface area contributed by atoms with Gasteiger partial charge in [0.25, 0.3) is 0 Å². The highest BCUT2D eigenvalue weighted by atomic mass is 16.2. The number of carbonyl (C=O) groups excluding carboxylic acids is 2. The normalized spacial score (nSPS) is 28.9. The van der Waals surface area contributed by atoms with Gasteiger partial charge in [-0.15, -0.1) is 0 Å². The SMILES string of the molecule is CCCCCC(=O)N1C(=O)C2CCCC21. The third-order valence-electron chi connectivity index (χ3n) is 3.63. The lowest BCUT2D eigenvalue weighted by Crippen LogP contribution is -2.60. The quantitative estimate of drug-likeness (QED) is 0.525. The Bertz CT molecular complexity index is 275. The van der Waals surface area contributed by atoms with Crippen molar-refractivity contribution in [2.75, 3.05) is 0 Å². The number of carbonyl (C=O) groups is 2. The van der Waals surface area contributed by atoms with Crippen LogP contribution >= 0.6 is 0 Å². The molecule has 1 aliphatic heterocycles. The molecule has 0 aromatic heterocycles. The fourth-order valence-corrected chi connectivity index (χ4v) is 2.75. The van der Waals surface area contributed by atoms with Crippen molar-refractivity contribution in [3.05, 3.63) is 0 Å². The minimum atomic E-state index is 0.0663. The topological polar surface area (TPSA) is 37.4 Å². The number of imide groups is 1. The first-order valence-corrected chi connectivity index (χ1v) is 6.11. The van der Waals surface area contributed by atoms with Crippen LogP contribution in [-0.2, 0) is 9.59 Å². The van der Waals surface area contributed by atoms with Crippen LogP contribution in [0.5, 0.6) is 0 Å². The third kappa shape index (κ3) is 1.80. The molecule has 1 saturated carbocycles. The number of hydrogen-bond acceptors (Lipinski definition) is 2. The number of amides is 2. The van der Waals surface area contributed by atoms with Gasteiger partial charge in [0.1, 0.15) is 0 Å². The van der Waals surface area contributed by atoms with Crippen molar-refractivity contribution < 1.29 is 9.59 Å². The lowest BCUT2D eigenvalue weighted by Gasteiger charge is -2.42. The minimum Gasteiger partial charge on any atom is -0.278 e. The van der Waals surface area contributed by atoms with Crippen molar-refractivity contribution in [2.45, 2.75) is 57.9 Å². The highest BCUT2D eigenvalue weighted by molar-refractivity contribution is 6.02. The second-order valence-electron chi connectivity index (χ2n) is 4.66. The zero-order valence-corrected chi connectivity index (χ0v) is 9.37. The summed E-state index contributed by atoms with van der Waals surface area (Å²) in [6.45, 7) is 2.12. The number of unbranched alkanes of at least 4 members (excludes halogenated alkanes) is 2. The van der Waals surface area contributed by atoms with Crippen molar-refractivity contribution in [3.63, 3.8) is 0 Å². The second-order valence-corrected chi connectivity index (χ2v) is 4.66. The molecule has 2 unspecified atom stereocenters. The van der Waals surface area contributed by atoms with Gasteiger partial charge in [-0.1, -0.05) is 26.2 Å². The van der Waals surface area contributed by atoms with E-state index >= 15 is 0 Å². The van der Waals surface area contributed by atoms with E-state index in [4.69, 9.17) is 0 Å². The van der Waals surface area contributed by atoms with Gasteiger partial charge in [-0.25, -0.2) is 0 Å². The third-order valence-corrected chi connectivity index (χ3v) is 3.63. The largest absolute Gasteiger partial charge is 0.278 e. The summed E-state index contributed by atoms with van der Waals surface area (Å²) in [5, 5.41) is 0. The molecule has 84 valence electrons. The number of likely N-dealkylation sites (tertiary alicyclic amines) is 1. The van der Waals surface area contributed by atoms with Crippen molar-refractivity contribution in [1.82, 2.24) is 4.90 Å². The van der Waals surface area contributed by atoms with Gasteiger partial charge in [0.15, 0.2) is 0 Å². The van der Waals surface area contributed by atoms with Gasteiger partial charge < -0.3 is 0 Å². The Hall–Kier alpha value is -0.860. The van der Waals surface area contributed by atoms with Crippen LogP contribution in [0.4, 0.5) is 0 Å². The zero-order valence-electron chi connectivity index (χ0n) is 9.37.